The zero-order valence-electron chi connectivity index (χ0n) is 16.4. The number of thiophene rings is 1. The average molecular weight is 563 g/mol. The fourth-order valence-electron chi connectivity index (χ4n) is 2.85. The van der Waals surface area contributed by atoms with Crippen LogP contribution in [0.4, 0.5) is 22.0 Å². The number of fused-ring (bicyclic) bond motifs is 1. The molecule has 0 radical (unpaired) electrons. The summed E-state index contributed by atoms with van der Waals surface area (Å²) in [5.74, 6) is 0.0613. The quantitative estimate of drug-likeness (QED) is 0.166. The number of H-pyrrole nitrogens is 1. The second-order valence-corrected chi connectivity index (χ2v) is 10.3. The van der Waals surface area contributed by atoms with Crippen LogP contribution in [0.5, 0.6) is 5.75 Å². The van der Waals surface area contributed by atoms with Crippen LogP contribution in [0.1, 0.15) is 24.6 Å². The van der Waals surface area contributed by atoms with Gasteiger partial charge < -0.3 is 14.2 Å². The minimum Gasteiger partial charge on any atom is -0.492 e. The Kier molecular flexibility index (Phi) is 7.36. The van der Waals surface area contributed by atoms with E-state index in [-0.39, 0.29) is 33.3 Å². The summed E-state index contributed by atoms with van der Waals surface area (Å²) in [5, 5.41) is 6.77. The summed E-state index contributed by atoms with van der Waals surface area (Å²) in [6, 6.07) is 4.63. The normalized spacial score (nSPS) is 14.6. The third kappa shape index (κ3) is 5.17. The highest BCUT2D eigenvalue weighted by atomic mass is 79.9. The molecule has 3 aromatic rings. The molecule has 176 valence electrons. The lowest BCUT2D eigenvalue weighted by atomic mass is 10.1. The lowest BCUT2D eigenvalue weighted by molar-refractivity contribution is -0.136. The SMILES string of the molecule is CCOP(=O)(O)C(F)(F)c1sc2c(OCCCC(F)(F)F)cc(-c3ccn[nH]3)cc2c1Br. The van der Waals surface area contributed by atoms with E-state index in [0.717, 1.165) is 0 Å². The zero-order chi connectivity index (χ0) is 23.7. The van der Waals surface area contributed by atoms with Gasteiger partial charge in [0.15, 0.2) is 0 Å². The van der Waals surface area contributed by atoms with Gasteiger partial charge in [-0.2, -0.15) is 27.1 Å². The van der Waals surface area contributed by atoms with Crippen LogP contribution in [0.15, 0.2) is 28.9 Å². The van der Waals surface area contributed by atoms with Crippen molar-refractivity contribution in [2.45, 2.75) is 31.6 Å². The molecular weight excluding hydrogens is 546 g/mol. The Morgan fingerprint density at radius 2 is 2.00 bits per heavy atom. The van der Waals surface area contributed by atoms with E-state index in [4.69, 9.17) is 4.74 Å². The molecule has 3 rings (SSSR count). The number of hydrogen-bond acceptors (Lipinski definition) is 5. The van der Waals surface area contributed by atoms with Crippen LogP contribution in [-0.2, 0) is 14.8 Å². The zero-order valence-corrected chi connectivity index (χ0v) is 19.7. The van der Waals surface area contributed by atoms with E-state index < -0.39 is 37.3 Å². The number of nitrogens with one attached hydrogen (secondary N) is 1. The Morgan fingerprint density at radius 1 is 1.28 bits per heavy atom. The fourth-order valence-corrected chi connectivity index (χ4v) is 6.32. The Balaban J connectivity index is 2.08. The number of rotatable bonds is 9. The molecule has 2 heterocycles. The maximum Gasteiger partial charge on any atom is 0.402 e. The van der Waals surface area contributed by atoms with E-state index >= 15 is 0 Å². The summed E-state index contributed by atoms with van der Waals surface area (Å²) in [6.45, 7) is 0.603. The predicted octanol–water partition coefficient (Wildman–Crippen LogP) is 7.05. The van der Waals surface area contributed by atoms with E-state index in [1.165, 1.54) is 25.3 Å². The van der Waals surface area contributed by atoms with Crippen molar-refractivity contribution in [3.05, 3.63) is 33.7 Å². The van der Waals surface area contributed by atoms with Crippen LogP contribution >= 0.6 is 34.9 Å². The molecule has 0 fully saturated rings. The van der Waals surface area contributed by atoms with Gasteiger partial charge in [0.05, 0.1) is 23.6 Å². The Hall–Kier alpha value is -1.53. The number of hydrogen-bond donors (Lipinski definition) is 2. The largest absolute Gasteiger partial charge is 0.492 e. The molecule has 0 amide bonds. The molecule has 32 heavy (non-hydrogen) atoms. The van der Waals surface area contributed by atoms with Gasteiger partial charge in [0.2, 0.25) is 0 Å². The lowest BCUT2D eigenvalue weighted by Crippen LogP contribution is -2.14. The maximum atomic E-state index is 14.9. The van der Waals surface area contributed by atoms with Crippen LogP contribution in [-0.4, -0.2) is 34.5 Å². The van der Waals surface area contributed by atoms with Crippen LogP contribution < -0.4 is 4.74 Å². The summed E-state index contributed by atoms with van der Waals surface area (Å²) in [4.78, 5) is 9.03. The van der Waals surface area contributed by atoms with E-state index in [2.05, 4.69) is 30.7 Å². The number of nitrogens with zero attached hydrogens (tertiary/aromatic N) is 1. The number of benzene rings is 1. The van der Waals surface area contributed by atoms with Crippen LogP contribution in [0, 0.1) is 0 Å². The van der Waals surface area contributed by atoms with Crippen molar-refractivity contribution in [1.29, 1.82) is 0 Å². The predicted molar refractivity (Wildman–Crippen MR) is 113 cm³/mol. The van der Waals surface area contributed by atoms with Gasteiger partial charge in [-0.05, 0) is 47.5 Å². The van der Waals surface area contributed by atoms with E-state index in [0.29, 0.717) is 22.6 Å². The highest BCUT2D eigenvalue weighted by Crippen LogP contribution is 2.66. The lowest BCUT2D eigenvalue weighted by Gasteiger charge is -2.20. The van der Waals surface area contributed by atoms with E-state index in [1.807, 2.05) is 0 Å². The van der Waals surface area contributed by atoms with E-state index in [9.17, 15) is 31.4 Å². The average Bonchev–Trinajstić information content (AvgIpc) is 3.33. The van der Waals surface area contributed by atoms with Crippen LogP contribution in [0.2, 0.25) is 0 Å². The van der Waals surface area contributed by atoms with Crippen molar-refractivity contribution in [3.8, 4) is 17.0 Å². The van der Waals surface area contributed by atoms with Gasteiger partial charge in [0, 0.05) is 28.0 Å². The molecule has 0 saturated heterocycles. The standard InChI is InChI=1S/C18H17BrF5N2O4PS/c1-2-30-31(27,28)18(23,24)16-14(19)11-8-10(12-4-6-25-26-12)9-13(15(11)32-16)29-7-3-5-17(20,21)22/h4,6,8-9H,2-3,5,7H2,1H3,(H,25,26)(H,27,28). The van der Waals surface area contributed by atoms with Crippen molar-refractivity contribution >= 4 is 44.9 Å². The Morgan fingerprint density at radius 3 is 2.59 bits per heavy atom. The summed E-state index contributed by atoms with van der Waals surface area (Å²) in [6.07, 6.45) is -4.27. The van der Waals surface area contributed by atoms with Gasteiger partial charge in [-0.3, -0.25) is 9.66 Å². The summed E-state index contributed by atoms with van der Waals surface area (Å²) in [7, 11) is -5.35. The second kappa shape index (κ2) is 9.38. The maximum absolute atomic E-state index is 14.9. The highest BCUT2D eigenvalue weighted by molar-refractivity contribution is 9.10. The van der Waals surface area contributed by atoms with Gasteiger partial charge in [-0.15, -0.1) is 11.3 Å². The molecule has 0 spiro atoms. The van der Waals surface area contributed by atoms with Gasteiger partial charge in [0.1, 0.15) is 10.6 Å². The molecule has 0 aliphatic heterocycles. The highest BCUT2D eigenvalue weighted by Gasteiger charge is 2.55. The van der Waals surface area contributed by atoms with Gasteiger partial charge in [0.25, 0.3) is 0 Å². The number of halogens is 6. The smallest absolute Gasteiger partial charge is 0.402 e. The Labute approximate surface area is 191 Å². The molecular formula is C18H17BrF5N2O4PS. The number of alkyl halides is 5. The molecule has 2 N–H and O–H groups in total. The summed E-state index contributed by atoms with van der Waals surface area (Å²) in [5.41, 5.74) is -3.24. The first-order valence-corrected chi connectivity index (χ1v) is 12.4. The third-order valence-electron chi connectivity index (χ3n) is 4.30. The molecule has 1 atom stereocenters. The second-order valence-electron chi connectivity index (χ2n) is 6.61. The first-order valence-electron chi connectivity index (χ1n) is 9.18. The molecule has 0 aliphatic carbocycles. The number of aromatic amines is 1. The third-order valence-corrected chi connectivity index (χ3v) is 8.37. The van der Waals surface area contributed by atoms with Gasteiger partial charge in [-0.25, -0.2) is 0 Å². The first-order chi connectivity index (χ1) is 14.9. The summed E-state index contributed by atoms with van der Waals surface area (Å²) >= 11 is 3.58. The molecule has 6 nitrogen and oxygen atoms in total. The topological polar surface area (TPSA) is 84.4 Å². The molecule has 2 aromatic heterocycles. The molecule has 0 aliphatic rings. The van der Waals surface area contributed by atoms with Gasteiger partial charge in [-0.1, -0.05) is 0 Å². The first kappa shape index (κ1) is 25.1. The monoisotopic (exact) mass is 562 g/mol. The van der Waals surface area contributed by atoms with Crippen molar-refractivity contribution in [1.82, 2.24) is 10.2 Å². The van der Waals surface area contributed by atoms with Crippen molar-refractivity contribution < 1.29 is 40.7 Å². The number of ether oxygens (including phenoxy) is 1. The minimum absolute atomic E-state index is 0.0613. The molecule has 1 unspecified atom stereocenters. The van der Waals surface area contributed by atoms with Crippen LogP contribution in [0.25, 0.3) is 21.3 Å². The van der Waals surface area contributed by atoms with Crippen molar-refractivity contribution in [2.75, 3.05) is 13.2 Å². The summed E-state index contributed by atoms with van der Waals surface area (Å²) < 4.78 is 89.2. The Bertz CT molecular complexity index is 1140. The van der Waals surface area contributed by atoms with E-state index in [1.54, 1.807) is 6.07 Å². The van der Waals surface area contributed by atoms with Crippen LogP contribution in [0.3, 0.4) is 0 Å². The molecule has 14 heteroatoms. The molecule has 1 aromatic carbocycles. The number of aromatic nitrogens is 2. The van der Waals surface area contributed by atoms with Crippen molar-refractivity contribution in [2.24, 2.45) is 0 Å². The molecule has 0 bridgehead atoms. The fraction of sp³-hybridized carbons (Fsp3) is 0.389. The van der Waals surface area contributed by atoms with Crippen molar-refractivity contribution in [3.63, 3.8) is 0 Å². The van der Waals surface area contributed by atoms with Gasteiger partial charge >= 0.3 is 19.4 Å². The molecule has 0 saturated carbocycles. The minimum atomic E-state index is -5.35.